The molecule has 0 aromatic heterocycles. The normalized spacial score (nSPS) is 12.6. The number of carboxylic acid groups (broad SMARTS) is 2. The van der Waals surface area contributed by atoms with Gasteiger partial charge in [-0.2, -0.15) is 0 Å². The first kappa shape index (κ1) is 50.2. The number of ketones is 1. The topological polar surface area (TPSA) is 349 Å². The number of aliphatic carboxylic acids is 2. The summed E-state index contributed by atoms with van der Waals surface area (Å²) in [6.45, 7) is 5.98. The van der Waals surface area contributed by atoms with Crippen molar-refractivity contribution in [2.24, 2.45) is 50.4 Å². The first-order chi connectivity index (χ1) is 26.3. The van der Waals surface area contributed by atoms with Gasteiger partial charge in [-0.05, 0) is 64.0 Å². The number of carbonyl (C=O) groups excluding carboxylic acids is 3. The Hall–Kier alpha value is -5.79. The average Bonchev–Trinajstić information content (AvgIpc) is 3.12. The number of nitrogens with zero attached hydrogens (tertiary/aromatic N) is 2. The van der Waals surface area contributed by atoms with Gasteiger partial charge < -0.3 is 53.7 Å². The first-order valence-electron chi connectivity index (χ1n) is 17.8. The molecule has 2 aromatic carbocycles. The number of hydrogen-bond donors (Lipinski definition) is 10. The SMILES string of the molecule is CC(C)(C)OC(=O)NC(Cc1ccccc1)C(=O)O.COC(=O)[C@H](CCCN=C(N)N)NN.NC(N)=NCCCC(CC(=O)C(N)Cc1ccccc1)C(=O)O. The smallest absolute Gasteiger partial charge is 0.408 e. The zero-order valence-corrected chi connectivity index (χ0v) is 32.6. The van der Waals surface area contributed by atoms with Crippen LogP contribution in [0.1, 0.15) is 64.0 Å². The summed E-state index contributed by atoms with van der Waals surface area (Å²) in [5.41, 5.74) is 30.0. The van der Waals surface area contributed by atoms with Crippen molar-refractivity contribution in [3.05, 3.63) is 71.8 Å². The molecule has 56 heavy (non-hydrogen) atoms. The van der Waals surface area contributed by atoms with E-state index in [-0.39, 0.29) is 30.5 Å². The zero-order valence-electron chi connectivity index (χ0n) is 32.6. The van der Waals surface area contributed by atoms with Crippen molar-refractivity contribution in [2.45, 2.75) is 89.4 Å². The average molecular weight is 789 g/mol. The highest BCUT2D eigenvalue weighted by atomic mass is 16.6. The van der Waals surface area contributed by atoms with E-state index in [0.717, 1.165) is 11.1 Å². The molecule has 0 saturated heterocycles. The lowest BCUT2D eigenvalue weighted by Crippen LogP contribution is -2.44. The van der Waals surface area contributed by atoms with Gasteiger partial charge in [0.25, 0.3) is 0 Å². The summed E-state index contributed by atoms with van der Waals surface area (Å²) < 4.78 is 9.56. The first-order valence-corrected chi connectivity index (χ1v) is 17.8. The molecule has 312 valence electrons. The molecule has 0 radical (unpaired) electrons. The van der Waals surface area contributed by atoms with Crippen molar-refractivity contribution in [3.8, 4) is 0 Å². The Morgan fingerprint density at radius 2 is 1.23 bits per heavy atom. The van der Waals surface area contributed by atoms with Crippen molar-refractivity contribution < 1.29 is 43.7 Å². The lowest BCUT2D eigenvalue weighted by atomic mass is 9.92. The number of hydrogen-bond acceptors (Lipinski definition) is 12. The van der Waals surface area contributed by atoms with Crippen LogP contribution in [0.3, 0.4) is 0 Å². The van der Waals surface area contributed by atoms with Crippen LogP contribution < -0.4 is 45.3 Å². The fraction of sp³-hybridized carbons (Fsp3) is 0.486. The number of ether oxygens (including phenoxy) is 2. The molecular formula is C37H60N10O9. The second-order valence-corrected chi connectivity index (χ2v) is 13.4. The van der Waals surface area contributed by atoms with E-state index in [9.17, 15) is 29.1 Å². The minimum Gasteiger partial charge on any atom is -0.481 e. The number of carbonyl (C=O) groups is 5. The Morgan fingerprint density at radius 1 is 0.750 bits per heavy atom. The lowest BCUT2D eigenvalue weighted by Gasteiger charge is -2.22. The van der Waals surface area contributed by atoms with Crippen LogP contribution in [0.2, 0.25) is 0 Å². The van der Waals surface area contributed by atoms with Crippen LogP contribution in [-0.2, 0) is 41.5 Å². The minimum absolute atomic E-state index is 0.0298. The number of methoxy groups -OCH3 is 1. The van der Waals surface area contributed by atoms with Gasteiger partial charge in [0.15, 0.2) is 17.7 Å². The third-order valence-corrected chi connectivity index (χ3v) is 7.42. The quantitative estimate of drug-likeness (QED) is 0.0218. The molecule has 4 atom stereocenters. The molecule has 0 bridgehead atoms. The van der Waals surface area contributed by atoms with Crippen LogP contribution in [0, 0.1) is 5.92 Å². The van der Waals surface area contributed by atoms with E-state index in [1.807, 2.05) is 60.7 Å². The van der Waals surface area contributed by atoms with Gasteiger partial charge in [0.2, 0.25) is 0 Å². The zero-order chi connectivity index (χ0) is 42.7. The predicted octanol–water partition coefficient (Wildman–Crippen LogP) is 0.522. The molecule has 0 spiro atoms. The van der Waals surface area contributed by atoms with Gasteiger partial charge in [-0.15, -0.1) is 0 Å². The highest BCUT2D eigenvalue weighted by molar-refractivity contribution is 5.88. The number of amides is 1. The number of rotatable bonds is 20. The summed E-state index contributed by atoms with van der Waals surface area (Å²) in [5, 5.41) is 20.7. The van der Waals surface area contributed by atoms with Crippen molar-refractivity contribution in [3.63, 3.8) is 0 Å². The molecule has 0 heterocycles. The highest BCUT2D eigenvalue weighted by Gasteiger charge is 2.25. The number of nitrogens with one attached hydrogen (secondary N) is 2. The Morgan fingerprint density at radius 3 is 1.64 bits per heavy atom. The summed E-state index contributed by atoms with van der Waals surface area (Å²) in [6, 6.07) is 16.3. The maximum absolute atomic E-state index is 12.1. The summed E-state index contributed by atoms with van der Waals surface area (Å²) in [5.74, 6) is 1.67. The van der Waals surface area contributed by atoms with E-state index in [1.165, 1.54) is 7.11 Å². The van der Waals surface area contributed by atoms with E-state index in [4.69, 9.17) is 44.4 Å². The molecule has 19 nitrogen and oxygen atoms in total. The Labute approximate surface area is 327 Å². The number of carboxylic acids is 2. The van der Waals surface area contributed by atoms with Gasteiger partial charge >= 0.3 is 24.0 Å². The molecular weight excluding hydrogens is 728 g/mol. The molecule has 1 amide bonds. The number of aliphatic imine (C=N–C) groups is 2. The van der Waals surface area contributed by atoms with E-state index >= 15 is 0 Å². The van der Waals surface area contributed by atoms with E-state index in [2.05, 4.69) is 25.5 Å². The second-order valence-electron chi connectivity index (χ2n) is 13.4. The van der Waals surface area contributed by atoms with Gasteiger partial charge in [-0.3, -0.25) is 30.2 Å². The molecule has 0 aliphatic carbocycles. The van der Waals surface area contributed by atoms with Crippen LogP contribution in [-0.4, -0.2) is 95.8 Å². The van der Waals surface area contributed by atoms with E-state index in [0.29, 0.717) is 45.2 Å². The fourth-order valence-electron chi connectivity index (χ4n) is 4.65. The van der Waals surface area contributed by atoms with Gasteiger partial charge in [0.05, 0.1) is 19.1 Å². The van der Waals surface area contributed by atoms with Crippen LogP contribution in [0.5, 0.6) is 0 Å². The number of alkyl carbamates (subject to hydrolysis) is 1. The van der Waals surface area contributed by atoms with Crippen molar-refractivity contribution >= 4 is 41.7 Å². The van der Waals surface area contributed by atoms with Crippen molar-refractivity contribution in [2.75, 3.05) is 20.2 Å². The van der Waals surface area contributed by atoms with Gasteiger partial charge in [-0.1, -0.05) is 60.7 Å². The minimum atomic E-state index is -1.09. The van der Waals surface area contributed by atoms with Crippen LogP contribution in [0.25, 0.3) is 0 Å². The van der Waals surface area contributed by atoms with Crippen LogP contribution in [0.15, 0.2) is 70.6 Å². The molecule has 2 aromatic rings. The third kappa shape index (κ3) is 25.3. The molecule has 3 unspecified atom stereocenters. The summed E-state index contributed by atoms with van der Waals surface area (Å²) in [6.07, 6.45) is 1.82. The molecule has 0 fully saturated rings. The predicted molar refractivity (Wildman–Crippen MR) is 213 cm³/mol. The number of esters is 1. The van der Waals surface area contributed by atoms with Crippen molar-refractivity contribution in [1.82, 2.24) is 10.7 Å². The maximum Gasteiger partial charge on any atom is 0.408 e. The largest absolute Gasteiger partial charge is 0.481 e. The molecule has 16 N–H and O–H groups in total. The fourth-order valence-corrected chi connectivity index (χ4v) is 4.65. The Bertz CT molecular complexity index is 1530. The van der Waals surface area contributed by atoms with E-state index < -0.39 is 53.6 Å². The Kier molecular flexibility index (Phi) is 24.9. The van der Waals surface area contributed by atoms with Gasteiger partial charge in [-0.25, -0.2) is 15.0 Å². The summed E-state index contributed by atoms with van der Waals surface area (Å²) >= 11 is 0. The van der Waals surface area contributed by atoms with Crippen LogP contribution in [0.4, 0.5) is 4.79 Å². The summed E-state index contributed by atoms with van der Waals surface area (Å²) in [7, 11) is 1.31. The van der Waals surface area contributed by atoms with Gasteiger partial charge in [0.1, 0.15) is 17.7 Å². The standard InChI is InChI=1S/C16H24N4O3.C14H19NO4.C7H17N5O2/c17-13(9-11-5-2-1-3-6-11)14(21)10-12(15(22)23)7-4-8-20-16(18)19;1-14(2,3)19-13(18)15-11(12(16)17)9-10-7-5-4-6-8-10;1-14-6(13)5(12-10)3-2-4-11-7(8)9/h1-3,5-6,12-13H,4,7-10,17H2,(H,22,23)(H4,18,19,20);4-8,11H,9H2,1-3H3,(H,15,18)(H,16,17);5,12H,2-4,10H2,1H3,(H4,8,9,11)/t;;5-/m..0/s1. The summed E-state index contributed by atoms with van der Waals surface area (Å²) in [4.78, 5) is 64.7. The lowest BCUT2D eigenvalue weighted by molar-refractivity contribution is -0.144. The monoisotopic (exact) mass is 788 g/mol. The number of nitrogens with two attached hydrogens (primary N) is 6. The Balaban J connectivity index is 0.000000836. The molecule has 0 aliphatic heterocycles. The number of Topliss-reactive ketones (excluding diaryl/α,β-unsaturated/α-hetero) is 1. The molecule has 2 rings (SSSR count). The molecule has 19 heteroatoms. The highest BCUT2D eigenvalue weighted by Crippen LogP contribution is 2.15. The number of hydrazine groups is 1. The van der Waals surface area contributed by atoms with Crippen molar-refractivity contribution in [1.29, 1.82) is 0 Å². The number of guanidine groups is 2. The number of benzene rings is 2. The second kappa shape index (κ2) is 27.7. The molecule has 0 saturated carbocycles. The van der Waals surface area contributed by atoms with Crippen LogP contribution >= 0.6 is 0 Å². The maximum atomic E-state index is 12.1. The molecule has 0 aliphatic rings. The van der Waals surface area contributed by atoms with E-state index in [1.54, 1.807) is 20.8 Å². The third-order valence-electron chi connectivity index (χ3n) is 7.42. The van der Waals surface area contributed by atoms with Gasteiger partial charge in [0, 0.05) is 25.9 Å².